The van der Waals surface area contributed by atoms with Crippen LogP contribution in [0.15, 0.2) is 41.9 Å². The number of hydrogen-bond acceptors (Lipinski definition) is 4. The quantitative estimate of drug-likeness (QED) is 0.681. The predicted molar refractivity (Wildman–Crippen MR) is 81.1 cm³/mol. The van der Waals surface area contributed by atoms with E-state index in [1.165, 1.54) is 7.11 Å². The second kappa shape index (κ2) is 5.23. The van der Waals surface area contributed by atoms with Crippen LogP contribution in [0, 0.1) is 0 Å². The molecule has 0 atom stereocenters. The summed E-state index contributed by atoms with van der Waals surface area (Å²) in [6, 6.07) is 8.76. The smallest absolute Gasteiger partial charge is 0.198 e. The van der Waals surface area contributed by atoms with Crippen LogP contribution in [0.2, 0.25) is 5.02 Å². The first-order valence-electron chi connectivity index (χ1n) is 5.90. The van der Waals surface area contributed by atoms with Crippen LogP contribution in [0.4, 0.5) is 0 Å². The molecule has 0 radical (unpaired) electrons. The molecule has 0 aliphatic carbocycles. The number of pyridine rings is 1. The van der Waals surface area contributed by atoms with Gasteiger partial charge in [-0.15, -0.1) is 11.3 Å². The number of fused-ring (bicyclic) bond motifs is 1. The van der Waals surface area contributed by atoms with Crippen molar-refractivity contribution in [2.45, 2.75) is 0 Å². The van der Waals surface area contributed by atoms with E-state index in [9.17, 15) is 4.79 Å². The van der Waals surface area contributed by atoms with Crippen molar-refractivity contribution in [1.82, 2.24) is 4.98 Å². The first kappa shape index (κ1) is 13.1. The maximum atomic E-state index is 12.6. The van der Waals surface area contributed by atoms with Gasteiger partial charge in [0.2, 0.25) is 0 Å². The van der Waals surface area contributed by atoms with Crippen LogP contribution in [-0.4, -0.2) is 17.9 Å². The summed E-state index contributed by atoms with van der Waals surface area (Å²) < 4.78 is 6.20. The fourth-order valence-electron chi connectivity index (χ4n) is 1.98. The second-order valence-electron chi connectivity index (χ2n) is 4.20. The van der Waals surface area contributed by atoms with Gasteiger partial charge in [-0.1, -0.05) is 11.6 Å². The minimum atomic E-state index is -0.146. The van der Waals surface area contributed by atoms with E-state index >= 15 is 0 Å². The molecule has 100 valence electrons. The van der Waals surface area contributed by atoms with E-state index in [0.29, 0.717) is 21.9 Å². The van der Waals surface area contributed by atoms with Crippen molar-refractivity contribution >= 4 is 38.9 Å². The second-order valence-corrected chi connectivity index (χ2v) is 5.59. The van der Waals surface area contributed by atoms with Gasteiger partial charge in [-0.3, -0.25) is 9.78 Å². The number of carbonyl (C=O) groups is 1. The van der Waals surface area contributed by atoms with E-state index in [-0.39, 0.29) is 5.78 Å². The zero-order chi connectivity index (χ0) is 14.1. The van der Waals surface area contributed by atoms with Gasteiger partial charge in [0.1, 0.15) is 5.75 Å². The normalized spacial score (nSPS) is 10.7. The fourth-order valence-corrected chi connectivity index (χ4v) is 2.94. The van der Waals surface area contributed by atoms with Crippen molar-refractivity contribution < 1.29 is 9.53 Å². The molecule has 0 aliphatic heterocycles. The molecule has 0 saturated heterocycles. The molecule has 0 N–H and O–H groups in total. The number of ether oxygens (including phenoxy) is 1. The molecule has 3 nitrogen and oxygen atoms in total. The molecular formula is C15H10ClNO2S. The highest BCUT2D eigenvalue weighted by Crippen LogP contribution is 2.27. The number of aromatic nitrogens is 1. The SMILES string of the molecule is COc1ccc(Cl)cc1C(=O)c1cnc2ccsc2c1. The number of methoxy groups -OCH3 is 1. The molecule has 5 heteroatoms. The van der Waals surface area contributed by atoms with Gasteiger partial charge in [0.25, 0.3) is 0 Å². The summed E-state index contributed by atoms with van der Waals surface area (Å²) in [4.78, 5) is 16.9. The molecule has 0 spiro atoms. The van der Waals surface area contributed by atoms with Crippen LogP contribution in [0.3, 0.4) is 0 Å². The molecule has 0 aliphatic rings. The summed E-state index contributed by atoms with van der Waals surface area (Å²) in [5.74, 6) is 0.359. The van der Waals surface area contributed by atoms with Crippen LogP contribution >= 0.6 is 22.9 Å². The van der Waals surface area contributed by atoms with Crippen LogP contribution < -0.4 is 4.74 Å². The molecule has 0 saturated carbocycles. The number of nitrogens with zero attached hydrogens (tertiary/aromatic N) is 1. The molecule has 3 aromatic rings. The molecule has 2 heterocycles. The number of hydrogen-bond donors (Lipinski definition) is 0. The highest BCUT2D eigenvalue weighted by Gasteiger charge is 2.16. The molecule has 1 aromatic carbocycles. The molecule has 0 unspecified atom stereocenters. The van der Waals surface area contributed by atoms with Gasteiger partial charge in [-0.05, 0) is 35.7 Å². The zero-order valence-corrected chi connectivity index (χ0v) is 12.2. The average Bonchev–Trinajstić information content (AvgIpc) is 2.93. The molecule has 3 rings (SSSR count). The molecule has 20 heavy (non-hydrogen) atoms. The molecule has 2 aromatic heterocycles. The maximum absolute atomic E-state index is 12.6. The Hall–Kier alpha value is -1.91. The first-order chi connectivity index (χ1) is 9.69. The van der Waals surface area contributed by atoms with E-state index in [1.807, 2.05) is 17.5 Å². The first-order valence-corrected chi connectivity index (χ1v) is 7.16. The van der Waals surface area contributed by atoms with Crippen molar-refractivity contribution in [3.05, 3.63) is 58.1 Å². The summed E-state index contributed by atoms with van der Waals surface area (Å²) in [5, 5.41) is 2.45. The highest BCUT2D eigenvalue weighted by atomic mass is 35.5. The van der Waals surface area contributed by atoms with E-state index in [0.717, 1.165) is 10.2 Å². The van der Waals surface area contributed by atoms with Crippen molar-refractivity contribution in [1.29, 1.82) is 0 Å². The van der Waals surface area contributed by atoms with Crippen LogP contribution in [0.1, 0.15) is 15.9 Å². The lowest BCUT2D eigenvalue weighted by atomic mass is 10.0. The summed E-state index contributed by atoms with van der Waals surface area (Å²) >= 11 is 7.52. The lowest BCUT2D eigenvalue weighted by molar-refractivity contribution is 0.103. The Labute approximate surface area is 124 Å². The van der Waals surface area contributed by atoms with Crippen LogP contribution in [-0.2, 0) is 0 Å². The van der Waals surface area contributed by atoms with Gasteiger partial charge in [0.05, 0.1) is 22.9 Å². The minimum Gasteiger partial charge on any atom is -0.496 e. The highest BCUT2D eigenvalue weighted by molar-refractivity contribution is 7.17. The maximum Gasteiger partial charge on any atom is 0.198 e. The van der Waals surface area contributed by atoms with Gasteiger partial charge in [-0.2, -0.15) is 0 Å². The largest absolute Gasteiger partial charge is 0.496 e. The lowest BCUT2D eigenvalue weighted by Gasteiger charge is -2.08. The predicted octanol–water partition coefficient (Wildman–Crippen LogP) is 4.19. The third-order valence-corrected chi connectivity index (χ3v) is 4.06. The van der Waals surface area contributed by atoms with Crippen molar-refractivity contribution in [3.8, 4) is 5.75 Å². The Morgan fingerprint density at radius 1 is 1.30 bits per heavy atom. The van der Waals surface area contributed by atoms with E-state index in [1.54, 1.807) is 35.7 Å². The number of thiophene rings is 1. The molecule has 0 bridgehead atoms. The Morgan fingerprint density at radius 3 is 2.95 bits per heavy atom. The standard InChI is InChI=1S/C15H10ClNO2S/c1-19-13-3-2-10(16)7-11(13)15(18)9-6-14-12(17-8-9)4-5-20-14/h2-8H,1H3. The lowest BCUT2D eigenvalue weighted by Crippen LogP contribution is -2.04. The third-order valence-electron chi connectivity index (χ3n) is 2.97. The van der Waals surface area contributed by atoms with Gasteiger partial charge in [0, 0.05) is 16.8 Å². The van der Waals surface area contributed by atoms with Gasteiger partial charge in [0.15, 0.2) is 5.78 Å². The topological polar surface area (TPSA) is 39.2 Å². The van der Waals surface area contributed by atoms with Crippen LogP contribution in [0.5, 0.6) is 5.75 Å². The van der Waals surface area contributed by atoms with E-state index in [2.05, 4.69) is 4.98 Å². The number of ketones is 1. The fraction of sp³-hybridized carbons (Fsp3) is 0.0667. The van der Waals surface area contributed by atoms with E-state index < -0.39 is 0 Å². The summed E-state index contributed by atoms with van der Waals surface area (Å²) in [6.07, 6.45) is 1.58. The monoisotopic (exact) mass is 303 g/mol. The number of carbonyl (C=O) groups excluding carboxylic acids is 1. The zero-order valence-electron chi connectivity index (χ0n) is 10.6. The van der Waals surface area contributed by atoms with Gasteiger partial charge in [-0.25, -0.2) is 0 Å². The Kier molecular flexibility index (Phi) is 3.42. The minimum absolute atomic E-state index is 0.146. The Balaban J connectivity index is 2.09. The molecule has 0 fully saturated rings. The van der Waals surface area contributed by atoms with E-state index in [4.69, 9.17) is 16.3 Å². The van der Waals surface area contributed by atoms with Crippen molar-refractivity contribution in [2.24, 2.45) is 0 Å². The number of benzene rings is 1. The van der Waals surface area contributed by atoms with Crippen molar-refractivity contribution in [2.75, 3.05) is 7.11 Å². The Bertz CT molecular complexity index is 797. The number of halogens is 1. The summed E-state index contributed by atoms with van der Waals surface area (Å²) in [6.45, 7) is 0. The summed E-state index contributed by atoms with van der Waals surface area (Å²) in [5.41, 5.74) is 1.86. The molecular weight excluding hydrogens is 294 g/mol. The van der Waals surface area contributed by atoms with Gasteiger partial charge >= 0.3 is 0 Å². The third kappa shape index (κ3) is 2.28. The van der Waals surface area contributed by atoms with Crippen LogP contribution in [0.25, 0.3) is 10.2 Å². The number of rotatable bonds is 3. The Morgan fingerprint density at radius 2 is 2.15 bits per heavy atom. The summed E-state index contributed by atoms with van der Waals surface area (Å²) in [7, 11) is 1.53. The average molecular weight is 304 g/mol. The van der Waals surface area contributed by atoms with Gasteiger partial charge < -0.3 is 4.74 Å². The van der Waals surface area contributed by atoms with Crippen molar-refractivity contribution in [3.63, 3.8) is 0 Å². The molecule has 0 amide bonds.